The average molecular weight is 539 g/mol. The first-order valence-electron chi connectivity index (χ1n) is 13.8. The predicted molar refractivity (Wildman–Crippen MR) is 160 cm³/mol. The summed E-state index contributed by atoms with van der Waals surface area (Å²) in [5.74, 6) is 0.455. The quantitative estimate of drug-likeness (QED) is 0.175. The molecule has 1 aromatic rings. The van der Waals surface area contributed by atoms with Gasteiger partial charge >= 0.3 is 0 Å². The molecular formula is C30H58O4Si2. The molecule has 0 N–H and O–H groups in total. The number of benzene rings is 1. The molecule has 0 aliphatic carbocycles. The van der Waals surface area contributed by atoms with E-state index in [0.29, 0.717) is 13.2 Å². The van der Waals surface area contributed by atoms with Crippen LogP contribution in [0.1, 0.15) is 74.3 Å². The van der Waals surface area contributed by atoms with Crippen LogP contribution in [0.15, 0.2) is 30.3 Å². The Hall–Kier alpha value is -0.506. The van der Waals surface area contributed by atoms with Crippen molar-refractivity contribution in [2.24, 2.45) is 11.8 Å². The average Bonchev–Trinajstić information content (AvgIpc) is 2.77. The van der Waals surface area contributed by atoms with Gasteiger partial charge in [-0.05, 0) is 55.2 Å². The third-order valence-corrected chi connectivity index (χ3v) is 17.9. The van der Waals surface area contributed by atoms with Gasteiger partial charge in [0.05, 0.1) is 24.9 Å². The minimum atomic E-state index is -2.01. The molecule has 0 spiro atoms. The van der Waals surface area contributed by atoms with Crippen LogP contribution in [-0.4, -0.2) is 48.7 Å². The van der Waals surface area contributed by atoms with Gasteiger partial charge in [-0.15, -0.1) is 0 Å². The van der Waals surface area contributed by atoms with E-state index in [1.54, 1.807) is 7.11 Å². The lowest BCUT2D eigenvalue weighted by Crippen LogP contribution is -2.53. The van der Waals surface area contributed by atoms with E-state index in [1.807, 2.05) is 6.07 Å². The van der Waals surface area contributed by atoms with Crippen LogP contribution in [0.5, 0.6) is 0 Å². The van der Waals surface area contributed by atoms with Crippen LogP contribution in [0.2, 0.25) is 36.3 Å². The molecule has 4 nitrogen and oxygen atoms in total. The fourth-order valence-electron chi connectivity index (χ4n) is 3.85. The molecule has 6 heteroatoms. The molecule has 0 aromatic heterocycles. The highest BCUT2D eigenvalue weighted by Gasteiger charge is 2.46. The number of hydrogen-bond donors (Lipinski definition) is 0. The first kappa shape index (κ1) is 33.5. The van der Waals surface area contributed by atoms with Crippen molar-refractivity contribution in [2.45, 2.75) is 130 Å². The number of hydrogen-bond acceptors (Lipinski definition) is 4. The second-order valence-corrected chi connectivity index (χ2v) is 23.3. The maximum Gasteiger partial charge on any atom is 0.192 e. The van der Waals surface area contributed by atoms with Gasteiger partial charge < -0.3 is 18.3 Å². The molecule has 0 aliphatic rings. The van der Waals surface area contributed by atoms with Crippen molar-refractivity contribution in [3.8, 4) is 0 Å². The van der Waals surface area contributed by atoms with Gasteiger partial charge in [-0.3, -0.25) is 0 Å². The maximum atomic E-state index is 7.16. The fraction of sp³-hybridized carbons (Fsp3) is 0.800. The van der Waals surface area contributed by atoms with Crippen LogP contribution in [0, 0.1) is 11.8 Å². The van der Waals surface area contributed by atoms with Crippen molar-refractivity contribution in [1.82, 2.24) is 0 Å². The Morgan fingerprint density at radius 3 is 1.72 bits per heavy atom. The van der Waals surface area contributed by atoms with Crippen molar-refractivity contribution >= 4 is 16.6 Å². The molecule has 36 heavy (non-hydrogen) atoms. The van der Waals surface area contributed by atoms with Crippen LogP contribution in [-0.2, 0) is 24.9 Å². The van der Waals surface area contributed by atoms with Gasteiger partial charge in [0.1, 0.15) is 0 Å². The van der Waals surface area contributed by atoms with Gasteiger partial charge in [-0.1, -0.05) is 85.7 Å². The Balaban J connectivity index is 3.22. The lowest BCUT2D eigenvalue weighted by Gasteiger charge is -2.47. The van der Waals surface area contributed by atoms with Crippen LogP contribution in [0.25, 0.3) is 0 Å². The van der Waals surface area contributed by atoms with Gasteiger partial charge in [-0.25, -0.2) is 0 Å². The normalized spacial score (nSPS) is 17.9. The van der Waals surface area contributed by atoms with Crippen LogP contribution >= 0.6 is 0 Å². The number of methoxy groups -OCH3 is 1. The summed E-state index contributed by atoms with van der Waals surface area (Å²) in [6.45, 7) is 31.3. The van der Waals surface area contributed by atoms with Crippen molar-refractivity contribution in [2.75, 3.05) is 13.7 Å². The minimum Gasteiger partial charge on any atom is -0.413 e. The molecule has 5 atom stereocenters. The summed E-state index contributed by atoms with van der Waals surface area (Å²) in [5, 5.41) is 0.271. The topological polar surface area (TPSA) is 36.9 Å². The van der Waals surface area contributed by atoms with Crippen molar-refractivity contribution < 1.29 is 18.3 Å². The summed E-state index contributed by atoms with van der Waals surface area (Å²) >= 11 is 0. The Bertz CT molecular complexity index is 752. The second-order valence-electron chi connectivity index (χ2n) is 13.7. The van der Waals surface area contributed by atoms with Gasteiger partial charge in [0.2, 0.25) is 0 Å². The zero-order chi connectivity index (χ0) is 27.9. The highest BCUT2D eigenvalue weighted by Crippen LogP contribution is 2.42. The lowest BCUT2D eigenvalue weighted by molar-refractivity contribution is -0.0474. The molecule has 1 aromatic carbocycles. The SMILES string of the molecule is CO[C@@H](C)[C@@H](C)[C@H](O[Si](C)(C)C(C)(C)C)[C@H](C)[C@H](CCOCc1ccccc1)O[Si](C)(C)C(C)(C)C. The molecule has 0 heterocycles. The van der Waals surface area contributed by atoms with Crippen LogP contribution < -0.4 is 0 Å². The fourth-order valence-corrected chi connectivity index (χ4v) is 6.76. The Morgan fingerprint density at radius 1 is 0.750 bits per heavy atom. The molecule has 0 unspecified atom stereocenters. The van der Waals surface area contributed by atoms with Gasteiger partial charge in [0, 0.05) is 25.6 Å². The predicted octanol–water partition coefficient (Wildman–Crippen LogP) is 8.68. The molecule has 0 radical (unpaired) electrons. The van der Waals surface area contributed by atoms with E-state index in [2.05, 4.69) is 113 Å². The van der Waals surface area contributed by atoms with E-state index in [1.165, 1.54) is 5.56 Å². The van der Waals surface area contributed by atoms with Gasteiger partial charge in [0.25, 0.3) is 0 Å². The van der Waals surface area contributed by atoms with Crippen molar-refractivity contribution in [3.63, 3.8) is 0 Å². The van der Waals surface area contributed by atoms with Crippen molar-refractivity contribution in [1.29, 1.82) is 0 Å². The summed E-state index contributed by atoms with van der Waals surface area (Å²) in [6, 6.07) is 10.4. The Morgan fingerprint density at radius 2 is 1.25 bits per heavy atom. The van der Waals surface area contributed by atoms with E-state index in [4.69, 9.17) is 18.3 Å². The summed E-state index contributed by atoms with van der Waals surface area (Å²) < 4.78 is 26.2. The molecular weight excluding hydrogens is 480 g/mol. The van der Waals surface area contributed by atoms with E-state index in [-0.39, 0.29) is 40.2 Å². The summed E-state index contributed by atoms with van der Waals surface area (Å²) in [7, 11) is -2.20. The van der Waals surface area contributed by atoms with E-state index >= 15 is 0 Å². The molecule has 0 fully saturated rings. The largest absolute Gasteiger partial charge is 0.413 e. The summed E-state index contributed by atoms with van der Waals surface area (Å²) in [5.41, 5.74) is 1.20. The first-order valence-corrected chi connectivity index (χ1v) is 19.7. The van der Waals surface area contributed by atoms with E-state index < -0.39 is 16.6 Å². The molecule has 1 rings (SSSR count). The maximum absolute atomic E-state index is 7.16. The summed E-state index contributed by atoms with van der Waals surface area (Å²) in [4.78, 5) is 0. The molecule has 210 valence electrons. The van der Waals surface area contributed by atoms with Gasteiger partial charge in [-0.2, -0.15) is 0 Å². The minimum absolute atomic E-state index is 0.0460. The second kappa shape index (κ2) is 13.5. The first-order chi connectivity index (χ1) is 16.3. The molecule has 0 saturated carbocycles. The zero-order valence-electron chi connectivity index (χ0n) is 26.0. The number of ether oxygens (including phenoxy) is 2. The molecule has 0 amide bonds. The highest BCUT2D eigenvalue weighted by molar-refractivity contribution is 6.74. The summed E-state index contributed by atoms with van der Waals surface area (Å²) in [6.07, 6.45) is 1.06. The Kier molecular flexibility index (Phi) is 12.6. The van der Waals surface area contributed by atoms with Gasteiger partial charge in [0.15, 0.2) is 16.6 Å². The van der Waals surface area contributed by atoms with E-state index in [0.717, 1.165) is 6.42 Å². The van der Waals surface area contributed by atoms with Crippen LogP contribution in [0.3, 0.4) is 0 Å². The molecule has 0 bridgehead atoms. The third-order valence-electron chi connectivity index (χ3n) is 8.88. The smallest absolute Gasteiger partial charge is 0.192 e. The zero-order valence-corrected chi connectivity index (χ0v) is 28.0. The standard InChI is InChI=1S/C30H58O4Si2/c1-23(25(3)31-10)28(34-36(13,14)30(7,8)9)24(2)27(33-35(11,12)29(4,5)6)20-21-32-22-26-18-16-15-17-19-26/h15-19,23-25,27-28H,20-22H2,1-14H3/t23-,24-,25+,27+,28+/m1/s1. The molecule has 0 aliphatic heterocycles. The highest BCUT2D eigenvalue weighted by atomic mass is 28.4. The monoisotopic (exact) mass is 538 g/mol. The number of rotatable bonds is 14. The van der Waals surface area contributed by atoms with E-state index in [9.17, 15) is 0 Å². The third kappa shape index (κ3) is 9.66. The van der Waals surface area contributed by atoms with Crippen molar-refractivity contribution in [3.05, 3.63) is 35.9 Å². The van der Waals surface area contributed by atoms with Crippen LogP contribution in [0.4, 0.5) is 0 Å². The Labute approximate surface area is 226 Å². The lowest BCUT2D eigenvalue weighted by atomic mass is 9.85. The molecule has 0 saturated heterocycles.